The highest BCUT2D eigenvalue weighted by Crippen LogP contribution is 2.37. The normalized spacial score (nSPS) is 18.1. The second-order valence-electron chi connectivity index (χ2n) is 8.05. The lowest BCUT2D eigenvalue weighted by molar-refractivity contribution is 0.365. The van der Waals surface area contributed by atoms with Gasteiger partial charge in [0.2, 0.25) is 0 Å². The van der Waals surface area contributed by atoms with Crippen LogP contribution in [0.15, 0.2) is 66.0 Å². The van der Waals surface area contributed by atoms with Crippen LogP contribution in [0.2, 0.25) is 10.0 Å². The number of halogens is 4. The molecule has 0 bridgehead atoms. The Hall–Kier alpha value is -1.53. The van der Waals surface area contributed by atoms with Gasteiger partial charge in [0.15, 0.2) is 0 Å². The molecular formula is C26H30Cl2F2N2S. The summed E-state index contributed by atoms with van der Waals surface area (Å²) in [7, 11) is 0. The molecule has 1 aliphatic heterocycles. The van der Waals surface area contributed by atoms with Gasteiger partial charge in [0.25, 0.3) is 0 Å². The SMILES string of the molecule is C/C=C(F)\C=C(/CF)CSN1CCN(c2ccc(Cl)cc2CCC)C(c2ccc(Cl)cc2)C1. The van der Waals surface area contributed by atoms with Gasteiger partial charge in [0, 0.05) is 41.1 Å². The first kappa shape index (κ1) is 26.1. The summed E-state index contributed by atoms with van der Waals surface area (Å²) in [4.78, 5) is 2.44. The largest absolute Gasteiger partial charge is 0.362 e. The Morgan fingerprint density at radius 2 is 1.85 bits per heavy atom. The maximum atomic E-state index is 13.6. The fourth-order valence-corrected chi connectivity index (χ4v) is 5.30. The fourth-order valence-electron chi connectivity index (χ4n) is 4.01. The zero-order chi connectivity index (χ0) is 23.8. The van der Waals surface area contributed by atoms with Gasteiger partial charge in [-0.1, -0.05) is 66.7 Å². The number of piperazine rings is 1. The van der Waals surface area contributed by atoms with Gasteiger partial charge in [0.1, 0.15) is 12.5 Å². The van der Waals surface area contributed by atoms with E-state index < -0.39 is 12.5 Å². The van der Waals surface area contributed by atoms with Gasteiger partial charge in [0.05, 0.1) is 6.04 Å². The summed E-state index contributed by atoms with van der Waals surface area (Å²) < 4.78 is 29.2. The molecular weight excluding hydrogens is 481 g/mol. The van der Waals surface area contributed by atoms with E-state index in [9.17, 15) is 8.78 Å². The number of allylic oxidation sites excluding steroid dienone is 3. The van der Waals surface area contributed by atoms with Crippen LogP contribution in [0.25, 0.3) is 0 Å². The molecule has 2 aromatic rings. The number of alkyl halides is 1. The van der Waals surface area contributed by atoms with Gasteiger partial charge in [-0.25, -0.2) is 13.1 Å². The number of aryl methyl sites for hydroxylation is 1. The molecule has 1 heterocycles. The molecule has 33 heavy (non-hydrogen) atoms. The highest BCUT2D eigenvalue weighted by molar-refractivity contribution is 7.97. The van der Waals surface area contributed by atoms with E-state index in [0.717, 1.165) is 37.5 Å². The van der Waals surface area contributed by atoms with E-state index in [-0.39, 0.29) is 6.04 Å². The van der Waals surface area contributed by atoms with Crippen LogP contribution in [0.1, 0.15) is 37.4 Å². The highest BCUT2D eigenvalue weighted by Gasteiger charge is 2.30. The third-order valence-electron chi connectivity index (χ3n) is 5.69. The van der Waals surface area contributed by atoms with Gasteiger partial charge in [-0.15, -0.1) is 0 Å². The van der Waals surface area contributed by atoms with Crippen LogP contribution < -0.4 is 4.90 Å². The maximum Gasteiger partial charge on any atom is 0.119 e. The number of benzene rings is 2. The molecule has 1 saturated heterocycles. The zero-order valence-corrected chi connectivity index (χ0v) is 21.4. The first-order valence-electron chi connectivity index (χ1n) is 11.2. The molecule has 1 aliphatic rings. The molecule has 7 heteroatoms. The predicted molar refractivity (Wildman–Crippen MR) is 140 cm³/mol. The Morgan fingerprint density at radius 3 is 2.52 bits per heavy atom. The molecule has 1 unspecified atom stereocenters. The van der Waals surface area contributed by atoms with Crippen LogP contribution in [0.4, 0.5) is 14.5 Å². The van der Waals surface area contributed by atoms with Gasteiger partial charge >= 0.3 is 0 Å². The fraction of sp³-hybridized carbons (Fsp3) is 0.385. The topological polar surface area (TPSA) is 6.48 Å². The number of rotatable bonds is 9. The summed E-state index contributed by atoms with van der Waals surface area (Å²) in [6, 6.07) is 14.2. The Balaban J connectivity index is 1.85. The molecule has 0 N–H and O–H groups in total. The standard InChI is InChI=1S/C26H30Cl2F2N2S/c1-3-5-21-15-23(28)10-11-25(21)32-13-12-31(33-18-19(16-29)14-24(30)4-2)17-26(32)20-6-8-22(27)9-7-20/h4,6-11,14-15,26H,3,5,12-13,16-18H2,1-2H3/b19-14+,24-4+. The Kier molecular flexibility index (Phi) is 10.1. The molecule has 0 saturated carbocycles. The molecule has 0 aromatic heterocycles. The van der Waals surface area contributed by atoms with Crippen molar-refractivity contribution in [2.75, 3.05) is 37.0 Å². The van der Waals surface area contributed by atoms with Crippen molar-refractivity contribution < 1.29 is 8.78 Å². The van der Waals surface area contributed by atoms with Crippen molar-refractivity contribution in [3.63, 3.8) is 0 Å². The van der Waals surface area contributed by atoms with E-state index in [1.165, 1.54) is 29.0 Å². The number of hydrogen-bond acceptors (Lipinski definition) is 3. The van der Waals surface area contributed by atoms with E-state index in [1.54, 1.807) is 18.9 Å². The van der Waals surface area contributed by atoms with Crippen LogP contribution >= 0.6 is 35.1 Å². The van der Waals surface area contributed by atoms with Crippen molar-refractivity contribution >= 4 is 40.8 Å². The lowest BCUT2D eigenvalue weighted by Crippen LogP contribution is -2.46. The van der Waals surface area contributed by atoms with Crippen LogP contribution in [0.5, 0.6) is 0 Å². The third-order valence-corrected chi connectivity index (χ3v) is 7.37. The first-order chi connectivity index (χ1) is 15.9. The molecule has 1 fully saturated rings. The van der Waals surface area contributed by atoms with Crippen molar-refractivity contribution in [3.05, 3.63) is 87.2 Å². The summed E-state index contributed by atoms with van der Waals surface area (Å²) in [6.07, 6.45) is 4.63. The monoisotopic (exact) mass is 510 g/mol. The van der Waals surface area contributed by atoms with Gasteiger partial charge < -0.3 is 4.90 Å². The second-order valence-corrected chi connectivity index (χ2v) is 9.99. The van der Waals surface area contributed by atoms with Crippen molar-refractivity contribution in [1.29, 1.82) is 0 Å². The minimum absolute atomic E-state index is 0.102. The molecule has 178 valence electrons. The quantitative estimate of drug-likeness (QED) is 0.247. The molecule has 2 aromatic carbocycles. The van der Waals surface area contributed by atoms with E-state index in [0.29, 0.717) is 16.3 Å². The molecule has 0 spiro atoms. The highest BCUT2D eigenvalue weighted by atomic mass is 35.5. The minimum Gasteiger partial charge on any atom is -0.362 e. The van der Waals surface area contributed by atoms with Crippen LogP contribution in [0, 0.1) is 0 Å². The predicted octanol–water partition coefficient (Wildman–Crippen LogP) is 8.23. The lowest BCUT2D eigenvalue weighted by Gasteiger charge is -2.43. The van der Waals surface area contributed by atoms with Crippen LogP contribution in [-0.2, 0) is 6.42 Å². The molecule has 3 rings (SSSR count). The number of anilines is 1. The van der Waals surface area contributed by atoms with E-state index >= 15 is 0 Å². The number of hydrogen-bond donors (Lipinski definition) is 0. The maximum absolute atomic E-state index is 13.6. The van der Waals surface area contributed by atoms with Crippen LogP contribution in [-0.4, -0.2) is 36.4 Å². The third kappa shape index (κ3) is 7.22. The van der Waals surface area contributed by atoms with Crippen molar-refractivity contribution in [1.82, 2.24) is 4.31 Å². The summed E-state index contributed by atoms with van der Waals surface area (Å²) >= 11 is 14.0. The second kappa shape index (κ2) is 12.8. The average Bonchev–Trinajstić information content (AvgIpc) is 2.82. The molecule has 0 aliphatic carbocycles. The molecule has 0 radical (unpaired) electrons. The van der Waals surface area contributed by atoms with Crippen molar-refractivity contribution in [2.24, 2.45) is 0 Å². The smallest absolute Gasteiger partial charge is 0.119 e. The zero-order valence-electron chi connectivity index (χ0n) is 19.0. The average molecular weight is 512 g/mol. The van der Waals surface area contributed by atoms with E-state index in [2.05, 4.69) is 40.4 Å². The van der Waals surface area contributed by atoms with Gasteiger partial charge in [-0.3, -0.25) is 0 Å². The Labute approximate surface area is 210 Å². The van der Waals surface area contributed by atoms with Crippen molar-refractivity contribution in [3.8, 4) is 0 Å². The van der Waals surface area contributed by atoms with E-state index in [4.69, 9.17) is 23.2 Å². The summed E-state index contributed by atoms with van der Waals surface area (Å²) in [5, 5.41) is 1.45. The lowest BCUT2D eigenvalue weighted by atomic mass is 9.99. The van der Waals surface area contributed by atoms with Crippen LogP contribution in [0.3, 0.4) is 0 Å². The molecule has 1 atom stereocenters. The van der Waals surface area contributed by atoms with Crippen molar-refractivity contribution in [2.45, 2.75) is 32.7 Å². The van der Waals surface area contributed by atoms with Gasteiger partial charge in [-0.05, 0) is 66.5 Å². The van der Waals surface area contributed by atoms with E-state index in [1.807, 2.05) is 18.2 Å². The molecule has 0 amide bonds. The summed E-state index contributed by atoms with van der Waals surface area (Å²) in [5.41, 5.74) is 4.06. The molecule has 2 nitrogen and oxygen atoms in total. The number of nitrogens with zero attached hydrogens (tertiary/aromatic N) is 2. The van der Waals surface area contributed by atoms with Gasteiger partial charge in [-0.2, -0.15) is 0 Å². The Bertz CT molecular complexity index is 979. The first-order valence-corrected chi connectivity index (χ1v) is 12.9. The minimum atomic E-state index is -0.653. The summed E-state index contributed by atoms with van der Waals surface area (Å²) in [5.74, 6) is 0.0194. The Morgan fingerprint density at radius 1 is 1.12 bits per heavy atom. The summed E-state index contributed by atoms with van der Waals surface area (Å²) in [6.45, 7) is 5.51.